The lowest BCUT2D eigenvalue weighted by Gasteiger charge is -2.09. The molecule has 1 heterocycles. The number of methoxy groups -OCH3 is 1. The number of sulfonamides is 1. The van der Waals surface area contributed by atoms with Crippen molar-refractivity contribution in [3.05, 3.63) is 45.8 Å². The molecule has 2 rings (SSSR count). The Kier molecular flexibility index (Phi) is 7.05. The first kappa shape index (κ1) is 21.0. The van der Waals surface area contributed by atoms with Crippen LogP contribution in [0.15, 0.2) is 34.5 Å². The molecule has 0 aliphatic rings. The summed E-state index contributed by atoms with van der Waals surface area (Å²) in [5.41, 5.74) is 0.314. The van der Waals surface area contributed by atoms with Gasteiger partial charge in [0.2, 0.25) is 0 Å². The zero-order valence-corrected chi connectivity index (χ0v) is 16.9. The fourth-order valence-electron chi connectivity index (χ4n) is 2.11. The number of amides is 3. The van der Waals surface area contributed by atoms with Crippen LogP contribution in [0.5, 0.6) is 5.75 Å². The van der Waals surface area contributed by atoms with E-state index in [2.05, 4.69) is 10.6 Å². The van der Waals surface area contributed by atoms with Crippen molar-refractivity contribution in [1.29, 1.82) is 0 Å². The van der Waals surface area contributed by atoms with Crippen molar-refractivity contribution in [2.24, 2.45) is 0 Å². The van der Waals surface area contributed by atoms with Gasteiger partial charge in [-0.2, -0.15) is 0 Å². The summed E-state index contributed by atoms with van der Waals surface area (Å²) in [7, 11) is -1.13. The highest BCUT2D eigenvalue weighted by atomic mass is 35.5. The molecule has 8 nitrogen and oxygen atoms in total. The number of benzene rings is 1. The van der Waals surface area contributed by atoms with Crippen LogP contribution in [0.1, 0.15) is 15.2 Å². The summed E-state index contributed by atoms with van der Waals surface area (Å²) in [5.74, 6) is 0.0571. The van der Waals surface area contributed by atoms with Crippen LogP contribution in [-0.4, -0.2) is 41.1 Å². The Morgan fingerprint density at radius 1 is 1.22 bits per heavy atom. The van der Waals surface area contributed by atoms with Crippen LogP contribution in [0.25, 0.3) is 0 Å². The number of carbonyl (C=O) groups is 2. The molecule has 0 aliphatic heterocycles. The number of carbonyl (C=O) groups excluding carboxylic acids is 2. The van der Waals surface area contributed by atoms with E-state index in [1.54, 1.807) is 18.2 Å². The SMILES string of the molecule is CNC(=O)NS(=O)(=O)c1ccc(CCNC(=O)c2cc(Cl)ccc2OC)s1. The van der Waals surface area contributed by atoms with Gasteiger partial charge in [-0.1, -0.05) is 11.6 Å². The maximum Gasteiger partial charge on any atom is 0.328 e. The third-order valence-electron chi connectivity index (χ3n) is 3.42. The van der Waals surface area contributed by atoms with Gasteiger partial charge in [-0.3, -0.25) is 4.79 Å². The molecule has 0 saturated heterocycles. The highest BCUT2D eigenvalue weighted by molar-refractivity contribution is 7.92. The number of hydrogen-bond acceptors (Lipinski definition) is 6. The molecular formula is C16H18ClN3O5S2. The number of nitrogens with one attached hydrogen (secondary N) is 3. The Labute approximate surface area is 165 Å². The third kappa shape index (κ3) is 5.59. The first-order chi connectivity index (χ1) is 12.8. The third-order valence-corrected chi connectivity index (χ3v) is 6.62. The Hall–Kier alpha value is -2.30. The Bertz CT molecular complexity index is 943. The second kappa shape index (κ2) is 9.07. The van der Waals surface area contributed by atoms with Crippen molar-refractivity contribution in [1.82, 2.24) is 15.4 Å². The predicted molar refractivity (Wildman–Crippen MR) is 103 cm³/mol. The molecule has 0 radical (unpaired) electrons. The van der Waals surface area contributed by atoms with Gasteiger partial charge in [-0.25, -0.2) is 17.9 Å². The van der Waals surface area contributed by atoms with Gasteiger partial charge < -0.3 is 15.4 Å². The Balaban J connectivity index is 1.97. The van der Waals surface area contributed by atoms with Crippen LogP contribution < -0.4 is 20.1 Å². The van der Waals surface area contributed by atoms with Gasteiger partial charge in [0.1, 0.15) is 9.96 Å². The minimum atomic E-state index is -3.91. The lowest BCUT2D eigenvalue weighted by molar-refractivity contribution is 0.0951. The monoisotopic (exact) mass is 431 g/mol. The van der Waals surface area contributed by atoms with Crippen LogP contribution >= 0.6 is 22.9 Å². The highest BCUT2D eigenvalue weighted by Crippen LogP contribution is 2.23. The van der Waals surface area contributed by atoms with Crippen molar-refractivity contribution in [3.8, 4) is 5.75 Å². The van der Waals surface area contributed by atoms with Crippen molar-refractivity contribution in [2.45, 2.75) is 10.6 Å². The fraction of sp³-hybridized carbons (Fsp3) is 0.250. The summed E-state index contributed by atoms with van der Waals surface area (Å²) in [4.78, 5) is 24.2. The molecule has 0 atom stereocenters. The van der Waals surface area contributed by atoms with Gasteiger partial charge in [0.05, 0.1) is 12.7 Å². The van der Waals surface area contributed by atoms with Crippen LogP contribution in [-0.2, 0) is 16.4 Å². The van der Waals surface area contributed by atoms with E-state index in [0.717, 1.165) is 16.2 Å². The van der Waals surface area contributed by atoms with Gasteiger partial charge in [0.15, 0.2) is 0 Å². The average molecular weight is 432 g/mol. The van der Waals surface area contributed by atoms with E-state index < -0.39 is 16.1 Å². The Morgan fingerprint density at radius 2 is 1.96 bits per heavy atom. The van der Waals surface area contributed by atoms with Crippen LogP contribution in [0, 0.1) is 0 Å². The molecule has 0 fully saturated rings. The number of ether oxygens (including phenoxy) is 1. The number of halogens is 1. The fourth-order valence-corrected chi connectivity index (χ4v) is 4.60. The molecule has 11 heteroatoms. The minimum absolute atomic E-state index is 0.0175. The summed E-state index contributed by atoms with van der Waals surface area (Å²) >= 11 is 6.94. The Morgan fingerprint density at radius 3 is 2.63 bits per heavy atom. The first-order valence-corrected chi connectivity index (χ1v) is 10.4. The largest absolute Gasteiger partial charge is 0.496 e. The van der Waals surface area contributed by atoms with E-state index in [9.17, 15) is 18.0 Å². The molecule has 0 unspecified atom stereocenters. The van der Waals surface area contributed by atoms with E-state index in [0.29, 0.717) is 22.8 Å². The van der Waals surface area contributed by atoms with Gasteiger partial charge in [0.25, 0.3) is 15.9 Å². The zero-order valence-electron chi connectivity index (χ0n) is 14.5. The summed E-state index contributed by atoms with van der Waals surface area (Å²) in [6.07, 6.45) is 0.425. The lowest BCUT2D eigenvalue weighted by Crippen LogP contribution is -2.36. The number of rotatable bonds is 7. The molecule has 0 bridgehead atoms. The molecule has 0 spiro atoms. The number of hydrogen-bond donors (Lipinski definition) is 3. The topological polar surface area (TPSA) is 114 Å². The molecule has 3 amide bonds. The molecule has 0 saturated carbocycles. The summed E-state index contributed by atoms with van der Waals surface area (Å²) in [6, 6.07) is 6.97. The van der Waals surface area contributed by atoms with Crippen LogP contribution in [0.4, 0.5) is 4.79 Å². The molecule has 146 valence electrons. The standard InChI is InChI=1S/C16H18ClN3O5S2/c1-18-16(22)20-27(23,24)14-6-4-11(26-14)7-8-19-15(21)12-9-10(17)3-5-13(12)25-2/h3-6,9H,7-8H2,1-2H3,(H,19,21)(H2,18,20,22). The molecule has 0 aliphatic carbocycles. The van der Waals surface area contributed by atoms with Crippen molar-refractivity contribution in [3.63, 3.8) is 0 Å². The van der Waals surface area contributed by atoms with Gasteiger partial charge in [-0.05, 0) is 36.8 Å². The molecular weight excluding hydrogens is 414 g/mol. The zero-order chi connectivity index (χ0) is 20.0. The normalized spacial score (nSPS) is 10.9. The molecule has 3 N–H and O–H groups in total. The van der Waals surface area contributed by atoms with Gasteiger partial charge in [0, 0.05) is 23.5 Å². The quantitative estimate of drug-likeness (QED) is 0.620. The maximum absolute atomic E-state index is 12.3. The summed E-state index contributed by atoms with van der Waals surface area (Å²) in [6.45, 7) is 0.289. The maximum atomic E-state index is 12.3. The summed E-state index contributed by atoms with van der Waals surface area (Å²) in [5, 5.41) is 5.33. The number of urea groups is 1. The molecule has 2 aromatic rings. The van der Waals surface area contributed by atoms with E-state index in [1.165, 1.54) is 26.3 Å². The first-order valence-electron chi connectivity index (χ1n) is 7.72. The van der Waals surface area contributed by atoms with Crippen molar-refractivity contribution >= 4 is 44.9 Å². The molecule has 1 aromatic heterocycles. The predicted octanol–water partition coefficient (Wildman–Crippen LogP) is 2.00. The molecule has 1 aromatic carbocycles. The average Bonchev–Trinajstić information content (AvgIpc) is 3.11. The van der Waals surface area contributed by atoms with E-state index >= 15 is 0 Å². The molecule has 27 heavy (non-hydrogen) atoms. The van der Waals surface area contributed by atoms with Crippen molar-refractivity contribution < 1.29 is 22.7 Å². The van der Waals surface area contributed by atoms with Crippen LogP contribution in [0.2, 0.25) is 5.02 Å². The summed E-state index contributed by atoms with van der Waals surface area (Å²) < 4.78 is 31.1. The van der Waals surface area contributed by atoms with Crippen molar-refractivity contribution in [2.75, 3.05) is 20.7 Å². The van der Waals surface area contributed by atoms with Crippen LogP contribution in [0.3, 0.4) is 0 Å². The van der Waals surface area contributed by atoms with E-state index in [1.807, 2.05) is 4.72 Å². The number of thiophene rings is 1. The lowest BCUT2D eigenvalue weighted by atomic mass is 10.2. The second-order valence-electron chi connectivity index (χ2n) is 5.26. The van der Waals surface area contributed by atoms with E-state index in [-0.39, 0.29) is 16.7 Å². The van der Waals surface area contributed by atoms with E-state index in [4.69, 9.17) is 16.3 Å². The van der Waals surface area contributed by atoms with Gasteiger partial charge in [-0.15, -0.1) is 11.3 Å². The highest BCUT2D eigenvalue weighted by Gasteiger charge is 2.19. The second-order valence-corrected chi connectivity index (χ2v) is 8.77. The minimum Gasteiger partial charge on any atom is -0.496 e. The van der Waals surface area contributed by atoms with Gasteiger partial charge >= 0.3 is 6.03 Å². The smallest absolute Gasteiger partial charge is 0.328 e.